The van der Waals surface area contributed by atoms with E-state index in [1.54, 1.807) is 0 Å². The summed E-state index contributed by atoms with van der Waals surface area (Å²) in [7, 11) is 0. The largest absolute Gasteiger partial charge is 0.493 e. The minimum atomic E-state index is 0. The van der Waals surface area contributed by atoms with Crippen LogP contribution in [0.25, 0.3) is 0 Å². The van der Waals surface area contributed by atoms with Crippen molar-refractivity contribution in [3.63, 3.8) is 0 Å². The normalized spacial score (nSPS) is 13.3. The van der Waals surface area contributed by atoms with Crippen molar-refractivity contribution >= 4 is 29.9 Å². The number of guanidine groups is 1. The number of nitrogens with zero attached hydrogens (tertiary/aromatic N) is 3. The molecule has 0 radical (unpaired) electrons. The summed E-state index contributed by atoms with van der Waals surface area (Å²) in [6.45, 7) is 7.85. The molecule has 3 aromatic rings. The number of imidazole rings is 1. The lowest BCUT2D eigenvalue weighted by molar-refractivity contribution is 0.296. The van der Waals surface area contributed by atoms with Gasteiger partial charge in [0.05, 0.1) is 13.2 Å². The standard InChI is InChI=1S/C26H33N5O.HI/c1-3-27-26(30-17-24-9-4-5-10-25(24)32-19-21-11-12-21)29-16-22-7-6-8-23(15-22)18-31-14-13-28-20(31)2;/h4-10,13-15,21H,3,11-12,16-19H2,1-2H3,(H2,27,29,30);1H. The number of aromatic nitrogens is 2. The Morgan fingerprint density at radius 3 is 2.70 bits per heavy atom. The van der Waals surface area contributed by atoms with Gasteiger partial charge in [0.2, 0.25) is 0 Å². The molecule has 0 unspecified atom stereocenters. The van der Waals surface area contributed by atoms with E-state index in [4.69, 9.17) is 9.73 Å². The van der Waals surface area contributed by atoms with Gasteiger partial charge in [-0.05, 0) is 49.8 Å². The molecule has 1 aliphatic carbocycles. The van der Waals surface area contributed by atoms with E-state index in [9.17, 15) is 0 Å². The molecule has 33 heavy (non-hydrogen) atoms. The quantitative estimate of drug-likeness (QED) is 0.211. The molecule has 0 spiro atoms. The number of aliphatic imine (C=N–C) groups is 1. The predicted molar refractivity (Wildman–Crippen MR) is 144 cm³/mol. The van der Waals surface area contributed by atoms with E-state index in [1.165, 1.54) is 24.0 Å². The zero-order valence-electron chi connectivity index (χ0n) is 19.5. The van der Waals surface area contributed by atoms with Crippen LogP contribution in [0.3, 0.4) is 0 Å². The van der Waals surface area contributed by atoms with Crippen LogP contribution >= 0.6 is 24.0 Å². The van der Waals surface area contributed by atoms with Gasteiger partial charge in [0.1, 0.15) is 11.6 Å². The first-order valence-electron chi connectivity index (χ1n) is 11.5. The number of hydrogen-bond donors (Lipinski definition) is 2. The number of para-hydroxylation sites is 1. The molecule has 1 saturated carbocycles. The van der Waals surface area contributed by atoms with Crippen molar-refractivity contribution in [3.8, 4) is 5.75 Å². The smallest absolute Gasteiger partial charge is 0.191 e. The van der Waals surface area contributed by atoms with E-state index in [-0.39, 0.29) is 24.0 Å². The van der Waals surface area contributed by atoms with Gasteiger partial charge in [0.15, 0.2) is 5.96 Å². The summed E-state index contributed by atoms with van der Waals surface area (Å²) in [5, 5.41) is 6.80. The van der Waals surface area contributed by atoms with Crippen molar-refractivity contribution in [1.29, 1.82) is 0 Å². The lowest BCUT2D eigenvalue weighted by Crippen LogP contribution is -2.36. The fourth-order valence-corrected chi connectivity index (χ4v) is 3.57. The summed E-state index contributed by atoms with van der Waals surface area (Å²) in [6.07, 6.45) is 6.44. The summed E-state index contributed by atoms with van der Waals surface area (Å²) in [5.74, 6) is 3.53. The lowest BCUT2D eigenvalue weighted by atomic mass is 10.1. The minimum absolute atomic E-state index is 0. The Balaban J connectivity index is 0.00000306. The highest BCUT2D eigenvalue weighted by atomic mass is 127. The molecule has 7 heteroatoms. The average Bonchev–Trinajstić information content (AvgIpc) is 3.56. The number of ether oxygens (including phenoxy) is 1. The number of benzene rings is 2. The maximum atomic E-state index is 6.04. The van der Waals surface area contributed by atoms with Crippen LogP contribution in [0.5, 0.6) is 5.75 Å². The molecule has 1 aliphatic rings. The summed E-state index contributed by atoms with van der Waals surface area (Å²) in [5.41, 5.74) is 3.58. The highest BCUT2D eigenvalue weighted by Crippen LogP contribution is 2.30. The molecular weight excluding hydrogens is 525 g/mol. The van der Waals surface area contributed by atoms with E-state index < -0.39 is 0 Å². The summed E-state index contributed by atoms with van der Waals surface area (Å²) in [6, 6.07) is 16.8. The van der Waals surface area contributed by atoms with E-state index in [1.807, 2.05) is 25.4 Å². The van der Waals surface area contributed by atoms with E-state index in [0.29, 0.717) is 13.1 Å². The third-order valence-electron chi connectivity index (χ3n) is 5.62. The van der Waals surface area contributed by atoms with Crippen LogP contribution in [-0.4, -0.2) is 28.7 Å². The van der Waals surface area contributed by atoms with Gasteiger partial charge in [-0.25, -0.2) is 9.98 Å². The van der Waals surface area contributed by atoms with Crippen molar-refractivity contribution in [1.82, 2.24) is 20.2 Å². The molecule has 2 N–H and O–H groups in total. The zero-order chi connectivity index (χ0) is 22.2. The molecule has 0 atom stereocenters. The van der Waals surface area contributed by atoms with Crippen LogP contribution in [0.1, 0.15) is 42.3 Å². The molecule has 6 nitrogen and oxygen atoms in total. The monoisotopic (exact) mass is 559 g/mol. The topological polar surface area (TPSA) is 63.5 Å². The van der Waals surface area contributed by atoms with Crippen LogP contribution in [0.4, 0.5) is 0 Å². The number of nitrogens with one attached hydrogen (secondary N) is 2. The third-order valence-corrected chi connectivity index (χ3v) is 5.62. The van der Waals surface area contributed by atoms with Crippen molar-refractivity contribution in [2.24, 2.45) is 10.9 Å². The fourth-order valence-electron chi connectivity index (χ4n) is 3.57. The van der Waals surface area contributed by atoms with Gasteiger partial charge >= 0.3 is 0 Å². The minimum Gasteiger partial charge on any atom is -0.493 e. The van der Waals surface area contributed by atoms with Gasteiger partial charge in [-0.15, -0.1) is 24.0 Å². The first-order valence-corrected chi connectivity index (χ1v) is 11.5. The van der Waals surface area contributed by atoms with Crippen molar-refractivity contribution in [2.45, 2.75) is 46.3 Å². The summed E-state index contributed by atoms with van der Waals surface area (Å²) in [4.78, 5) is 9.11. The first-order chi connectivity index (χ1) is 15.7. The van der Waals surface area contributed by atoms with Gasteiger partial charge in [-0.1, -0.05) is 42.5 Å². The molecule has 0 aliphatic heterocycles. The molecule has 2 aromatic carbocycles. The van der Waals surface area contributed by atoms with Crippen LogP contribution in [-0.2, 0) is 19.6 Å². The summed E-state index contributed by atoms with van der Waals surface area (Å²) >= 11 is 0. The third kappa shape index (κ3) is 7.77. The average molecular weight is 559 g/mol. The van der Waals surface area contributed by atoms with Crippen LogP contribution in [0.15, 0.2) is 65.9 Å². The lowest BCUT2D eigenvalue weighted by Gasteiger charge is -2.15. The Hall–Kier alpha value is -2.55. The molecule has 1 aromatic heterocycles. The number of halogens is 1. The summed E-state index contributed by atoms with van der Waals surface area (Å²) < 4.78 is 8.19. The molecule has 176 valence electrons. The zero-order valence-corrected chi connectivity index (χ0v) is 21.8. The second-order valence-corrected chi connectivity index (χ2v) is 8.33. The number of aryl methyl sites for hydroxylation is 1. The molecular formula is C26H34IN5O. The Morgan fingerprint density at radius 2 is 1.94 bits per heavy atom. The molecule has 1 heterocycles. The highest BCUT2D eigenvalue weighted by molar-refractivity contribution is 14.0. The van der Waals surface area contributed by atoms with Gasteiger partial charge in [0, 0.05) is 37.6 Å². The van der Waals surface area contributed by atoms with Crippen molar-refractivity contribution in [2.75, 3.05) is 13.2 Å². The Kier molecular flexibility index (Phi) is 9.60. The number of rotatable bonds is 10. The molecule has 4 rings (SSSR count). The maximum Gasteiger partial charge on any atom is 0.191 e. The van der Waals surface area contributed by atoms with E-state index in [0.717, 1.165) is 48.7 Å². The van der Waals surface area contributed by atoms with E-state index >= 15 is 0 Å². The van der Waals surface area contributed by atoms with Crippen LogP contribution in [0, 0.1) is 12.8 Å². The second kappa shape index (κ2) is 12.6. The molecule has 0 bridgehead atoms. The van der Waals surface area contributed by atoms with Gasteiger partial charge < -0.3 is 19.9 Å². The predicted octanol–water partition coefficient (Wildman–Crippen LogP) is 4.90. The van der Waals surface area contributed by atoms with Crippen molar-refractivity contribution < 1.29 is 4.74 Å². The first kappa shape index (κ1) is 25.1. The molecule has 1 fully saturated rings. The van der Waals surface area contributed by atoms with Gasteiger partial charge in [-0.2, -0.15) is 0 Å². The Labute approximate surface area is 213 Å². The molecule has 0 saturated heterocycles. The van der Waals surface area contributed by atoms with Crippen LogP contribution in [0.2, 0.25) is 0 Å². The van der Waals surface area contributed by atoms with Crippen LogP contribution < -0.4 is 15.4 Å². The van der Waals surface area contributed by atoms with Gasteiger partial charge in [0.25, 0.3) is 0 Å². The van der Waals surface area contributed by atoms with E-state index in [2.05, 4.69) is 69.6 Å². The van der Waals surface area contributed by atoms with Gasteiger partial charge in [-0.3, -0.25) is 0 Å². The number of hydrogen-bond acceptors (Lipinski definition) is 3. The maximum absolute atomic E-state index is 6.04. The SMILES string of the molecule is CCNC(=NCc1cccc(Cn2ccnc2C)c1)NCc1ccccc1OCC1CC1.I. The fraction of sp³-hybridized carbons (Fsp3) is 0.385. The molecule has 0 amide bonds. The Bertz CT molecular complexity index is 1040. The highest BCUT2D eigenvalue weighted by Gasteiger charge is 2.22. The van der Waals surface area contributed by atoms with Crippen molar-refractivity contribution in [3.05, 3.63) is 83.4 Å². The second-order valence-electron chi connectivity index (χ2n) is 8.33. The Morgan fingerprint density at radius 1 is 1.12 bits per heavy atom.